The lowest BCUT2D eigenvalue weighted by atomic mass is 10.1. The molecule has 5 nitrogen and oxygen atoms in total. The highest BCUT2D eigenvalue weighted by Crippen LogP contribution is 2.33. The first kappa shape index (κ1) is 19.3. The minimum Gasteiger partial charge on any atom is -0.497 e. The summed E-state index contributed by atoms with van der Waals surface area (Å²) in [6, 6.07) is 7.76. The van der Waals surface area contributed by atoms with Gasteiger partial charge in [-0.25, -0.2) is 4.79 Å². The lowest BCUT2D eigenvalue weighted by molar-refractivity contribution is -0.113. The summed E-state index contributed by atoms with van der Waals surface area (Å²) in [6.07, 6.45) is 0. The molecule has 2 rings (SSSR count). The average Bonchev–Trinajstić information content (AvgIpc) is 2.88. The van der Waals surface area contributed by atoms with Gasteiger partial charge in [-0.1, -0.05) is 12.1 Å². The van der Waals surface area contributed by atoms with Gasteiger partial charge in [0.1, 0.15) is 10.8 Å². The summed E-state index contributed by atoms with van der Waals surface area (Å²) in [6.45, 7) is 3.77. The molecule has 1 aromatic heterocycles. The number of rotatable bonds is 7. The number of ether oxygens (including phenoxy) is 2. The number of amides is 1. The van der Waals surface area contributed by atoms with Crippen LogP contribution in [0.3, 0.4) is 0 Å². The van der Waals surface area contributed by atoms with E-state index in [1.807, 2.05) is 38.1 Å². The molecule has 1 amide bonds. The molecule has 25 heavy (non-hydrogen) atoms. The lowest BCUT2D eigenvalue weighted by Gasteiger charge is -2.07. The van der Waals surface area contributed by atoms with E-state index in [0.717, 1.165) is 21.8 Å². The van der Waals surface area contributed by atoms with Crippen molar-refractivity contribution in [2.24, 2.45) is 0 Å². The third kappa shape index (κ3) is 4.99. The quantitative estimate of drug-likeness (QED) is 0.736. The molecule has 0 aliphatic carbocycles. The van der Waals surface area contributed by atoms with Gasteiger partial charge in [0, 0.05) is 10.6 Å². The number of nitrogens with one attached hydrogen (secondary N) is 1. The van der Waals surface area contributed by atoms with E-state index >= 15 is 0 Å². The highest BCUT2D eigenvalue weighted by molar-refractivity contribution is 7.99. The molecule has 1 aromatic carbocycles. The summed E-state index contributed by atoms with van der Waals surface area (Å²) >= 11 is 2.89. The fraction of sp³-hybridized carbons (Fsp3) is 0.333. The zero-order valence-corrected chi connectivity index (χ0v) is 16.3. The van der Waals surface area contributed by atoms with Crippen molar-refractivity contribution in [3.63, 3.8) is 0 Å². The maximum atomic E-state index is 12.2. The Bertz CT molecular complexity index is 770. The van der Waals surface area contributed by atoms with Crippen molar-refractivity contribution < 1.29 is 19.1 Å². The monoisotopic (exact) mass is 379 g/mol. The van der Waals surface area contributed by atoms with Gasteiger partial charge in [0.2, 0.25) is 5.91 Å². The van der Waals surface area contributed by atoms with Crippen LogP contribution in [-0.2, 0) is 15.3 Å². The van der Waals surface area contributed by atoms with E-state index in [0.29, 0.717) is 22.1 Å². The number of aryl methyl sites for hydroxylation is 1. The summed E-state index contributed by atoms with van der Waals surface area (Å²) < 4.78 is 10.0. The Morgan fingerprint density at radius 1 is 1.24 bits per heavy atom. The molecule has 0 aliphatic rings. The van der Waals surface area contributed by atoms with Crippen LogP contribution in [0.25, 0.3) is 0 Å². The van der Waals surface area contributed by atoms with Crippen LogP contribution in [0, 0.1) is 13.8 Å². The summed E-state index contributed by atoms with van der Waals surface area (Å²) in [5, 5.41) is 3.38. The first-order chi connectivity index (χ1) is 12.0. The maximum Gasteiger partial charge on any atom is 0.341 e. The van der Waals surface area contributed by atoms with Gasteiger partial charge < -0.3 is 14.8 Å². The standard InChI is InChI=1S/C18H21NO4S2/c1-11-12(2)25-17(16(11)18(21)23-4)19-15(20)10-24-9-13-6-5-7-14(8-13)22-3/h5-8H,9-10H2,1-4H3,(H,19,20). The van der Waals surface area contributed by atoms with E-state index in [1.165, 1.54) is 30.2 Å². The number of esters is 1. The Hall–Kier alpha value is -1.99. The molecule has 0 saturated carbocycles. The number of anilines is 1. The molecular weight excluding hydrogens is 358 g/mol. The molecule has 1 heterocycles. The van der Waals surface area contributed by atoms with Gasteiger partial charge in [0.25, 0.3) is 0 Å². The fourth-order valence-corrected chi connectivity index (χ4v) is 4.09. The second-order valence-electron chi connectivity index (χ2n) is 5.37. The molecule has 0 fully saturated rings. The number of hydrogen-bond acceptors (Lipinski definition) is 6. The first-order valence-corrected chi connectivity index (χ1v) is 9.62. The zero-order chi connectivity index (χ0) is 18.4. The number of carbonyl (C=O) groups is 2. The molecule has 0 spiro atoms. The molecule has 0 aliphatic heterocycles. The summed E-state index contributed by atoms with van der Waals surface area (Å²) in [7, 11) is 2.97. The van der Waals surface area contributed by atoms with Gasteiger partial charge in [0.05, 0.1) is 25.5 Å². The Kier molecular flexibility index (Phi) is 6.90. The molecule has 0 bridgehead atoms. The predicted molar refractivity (Wildman–Crippen MR) is 103 cm³/mol. The van der Waals surface area contributed by atoms with Crippen LogP contribution < -0.4 is 10.1 Å². The van der Waals surface area contributed by atoms with E-state index in [9.17, 15) is 9.59 Å². The van der Waals surface area contributed by atoms with Gasteiger partial charge in [-0.3, -0.25) is 4.79 Å². The van der Waals surface area contributed by atoms with E-state index < -0.39 is 5.97 Å². The van der Waals surface area contributed by atoms with Crippen molar-refractivity contribution in [3.8, 4) is 5.75 Å². The molecule has 0 unspecified atom stereocenters. The van der Waals surface area contributed by atoms with Crippen molar-refractivity contribution in [1.29, 1.82) is 0 Å². The van der Waals surface area contributed by atoms with Crippen LogP contribution in [0.2, 0.25) is 0 Å². The second kappa shape index (κ2) is 8.92. The fourth-order valence-electron chi connectivity index (χ4n) is 2.25. The second-order valence-corrected chi connectivity index (χ2v) is 7.58. The van der Waals surface area contributed by atoms with Crippen LogP contribution in [0.15, 0.2) is 24.3 Å². The van der Waals surface area contributed by atoms with Crippen molar-refractivity contribution in [2.75, 3.05) is 25.3 Å². The van der Waals surface area contributed by atoms with Crippen molar-refractivity contribution in [1.82, 2.24) is 0 Å². The molecule has 0 saturated heterocycles. The smallest absolute Gasteiger partial charge is 0.341 e. The van der Waals surface area contributed by atoms with Crippen LogP contribution in [0.4, 0.5) is 5.00 Å². The maximum absolute atomic E-state index is 12.2. The van der Waals surface area contributed by atoms with Crippen LogP contribution in [-0.4, -0.2) is 31.8 Å². The third-order valence-electron chi connectivity index (χ3n) is 3.66. The van der Waals surface area contributed by atoms with Crippen LogP contribution in [0.1, 0.15) is 26.4 Å². The van der Waals surface area contributed by atoms with Gasteiger partial charge in [-0.2, -0.15) is 0 Å². The van der Waals surface area contributed by atoms with E-state index in [1.54, 1.807) is 7.11 Å². The van der Waals surface area contributed by atoms with E-state index in [4.69, 9.17) is 9.47 Å². The van der Waals surface area contributed by atoms with Crippen molar-refractivity contribution in [2.45, 2.75) is 19.6 Å². The van der Waals surface area contributed by atoms with Gasteiger partial charge in [-0.05, 0) is 37.1 Å². The minimum atomic E-state index is -0.429. The Morgan fingerprint density at radius 3 is 2.68 bits per heavy atom. The number of methoxy groups -OCH3 is 2. The van der Waals surface area contributed by atoms with Gasteiger partial charge >= 0.3 is 5.97 Å². The Balaban J connectivity index is 1.94. The summed E-state index contributed by atoms with van der Waals surface area (Å²) in [5.74, 6) is 1.24. The third-order valence-corrected chi connectivity index (χ3v) is 5.79. The lowest BCUT2D eigenvalue weighted by Crippen LogP contribution is -2.16. The average molecular weight is 380 g/mol. The molecular formula is C18H21NO4S2. The van der Waals surface area contributed by atoms with E-state index in [-0.39, 0.29) is 5.91 Å². The highest BCUT2D eigenvalue weighted by Gasteiger charge is 2.21. The summed E-state index contributed by atoms with van der Waals surface area (Å²) in [4.78, 5) is 25.1. The topological polar surface area (TPSA) is 64.6 Å². The number of carbonyl (C=O) groups excluding carboxylic acids is 2. The zero-order valence-electron chi connectivity index (χ0n) is 14.7. The number of benzene rings is 1. The SMILES string of the molecule is COC(=O)c1c(NC(=O)CSCc2cccc(OC)c2)sc(C)c1C. The Labute approximate surface area is 155 Å². The van der Waals surface area contributed by atoms with Crippen LogP contribution >= 0.6 is 23.1 Å². The first-order valence-electron chi connectivity index (χ1n) is 7.65. The minimum absolute atomic E-state index is 0.140. The highest BCUT2D eigenvalue weighted by atomic mass is 32.2. The van der Waals surface area contributed by atoms with Crippen molar-refractivity contribution in [3.05, 3.63) is 45.8 Å². The predicted octanol–water partition coefficient (Wildman–Crippen LogP) is 4.03. The largest absolute Gasteiger partial charge is 0.497 e. The number of thioether (sulfide) groups is 1. The molecule has 134 valence electrons. The number of hydrogen-bond donors (Lipinski definition) is 1. The molecule has 1 N–H and O–H groups in total. The van der Waals surface area contributed by atoms with E-state index in [2.05, 4.69) is 5.32 Å². The molecule has 0 radical (unpaired) electrons. The van der Waals surface area contributed by atoms with Gasteiger partial charge in [-0.15, -0.1) is 23.1 Å². The molecule has 7 heteroatoms. The van der Waals surface area contributed by atoms with Crippen LogP contribution in [0.5, 0.6) is 5.75 Å². The molecule has 0 atom stereocenters. The molecule has 2 aromatic rings. The van der Waals surface area contributed by atoms with Crippen molar-refractivity contribution >= 4 is 40.0 Å². The Morgan fingerprint density at radius 2 is 2.00 bits per heavy atom. The normalized spacial score (nSPS) is 10.4. The number of thiophene rings is 1. The summed E-state index contributed by atoms with van der Waals surface area (Å²) in [5.41, 5.74) is 2.38. The van der Waals surface area contributed by atoms with Gasteiger partial charge in [0.15, 0.2) is 0 Å².